The van der Waals surface area contributed by atoms with E-state index in [0.717, 1.165) is 0 Å². The molecule has 0 aromatic heterocycles. The maximum absolute atomic E-state index is 13.6. The molecule has 0 spiro atoms. The van der Waals surface area contributed by atoms with E-state index in [1.54, 1.807) is 0 Å². The summed E-state index contributed by atoms with van der Waals surface area (Å²) in [5, 5.41) is 8.77. The largest absolute Gasteiger partial charge is 0.478 e. The Kier molecular flexibility index (Phi) is 4.55. The van der Waals surface area contributed by atoms with Crippen LogP contribution in [0.15, 0.2) is 17.0 Å². The molecule has 2 N–H and O–H groups in total. The lowest BCUT2D eigenvalue weighted by Crippen LogP contribution is -2.30. The number of rotatable bonds is 5. The predicted molar refractivity (Wildman–Crippen MR) is 67.4 cm³/mol. The lowest BCUT2D eigenvalue weighted by atomic mass is 10.1. The van der Waals surface area contributed by atoms with Gasteiger partial charge in [0.05, 0.1) is 12.2 Å². The first-order valence-corrected chi connectivity index (χ1v) is 7.59. The molecule has 9 heteroatoms. The highest BCUT2D eigenvalue weighted by atomic mass is 32.2. The Morgan fingerprint density at radius 1 is 1.43 bits per heavy atom. The van der Waals surface area contributed by atoms with Crippen LogP contribution in [-0.2, 0) is 14.8 Å². The number of carboxylic acids is 1. The molecule has 0 saturated carbocycles. The Morgan fingerprint density at radius 2 is 2.14 bits per heavy atom. The van der Waals surface area contributed by atoms with Crippen molar-refractivity contribution in [3.05, 3.63) is 29.3 Å². The van der Waals surface area contributed by atoms with Crippen LogP contribution >= 0.6 is 0 Å². The topological polar surface area (TPSA) is 92.7 Å². The van der Waals surface area contributed by atoms with Crippen LogP contribution in [0.4, 0.5) is 8.78 Å². The monoisotopic (exact) mass is 321 g/mol. The van der Waals surface area contributed by atoms with Gasteiger partial charge in [-0.15, -0.1) is 0 Å². The molecule has 1 aliphatic heterocycles. The van der Waals surface area contributed by atoms with Crippen molar-refractivity contribution in [2.75, 3.05) is 19.8 Å². The molecule has 1 aliphatic rings. The molecule has 1 unspecified atom stereocenters. The summed E-state index contributed by atoms with van der Waals surface area (Å²) >= 11 is 0. The molecule has 0 radical (unpaired) electrons. The molecule has 21 heavy (non-hydrogen) atoms. The number of hydrogen-bond acceptors (Lipinski definition) is 4. The molecule has 1 saturated heterocycles. The molecule has 1 fully saturated rings. The molecule has 1 aromatic rings. The minimum absolute atomic E-state index is 0.0146. The van der Waals surface area contributed by atoms with Gasteiger partial charge in [0, 0.05) is 13.2 Å². The Labute approximate surface area is 119 Å². The van der Waals surface area contributed by atoms with Crippen LogP contribution in [0.1, 0.15) is 16.8 Å². The van der Waals surface area contributed by atoms with Gasteiger partial charge < -0.3 is 9.84 Å². The second-order valence-corrected chi connectivity index (χ2v) is 6.39. The van der Waals surface area contributed by atoms with Gasteiger partial charge in [0.15, 0.2) is 11.6 Å². The fraction of sp³-hybridized carbons (Fsp3) is 0.417. The zero-order valence-corrected chi connectivity index (χ0v) is 11.6. The Hall–Kier alpha value is -1.58. The van der Waals surface area contributed by atoms with Crippen molar-refractivity contribution in [3.8, 4) is 0 Å². The molecule has 116 valence electrons. The third kappa shape index (κ3) is 3.55. The molecule has 0 bridgehead atoms. The van der Waals surface area contributed by atoms with Gasteiger partial charge in [0.25, 0.3) is 0 Å². The lowest BCUT2D eigenvalue weighted by Gasteiger charge is -2.11. The highest BCUT2D eigenvalue weighted by Gasteiger charge is 2.26. The van der Waals surface area contributed by atoms with Crippen LogP contribution in [0.25, 0.3) is 0 Å². The summed E-state index contributed by atoms with van der Waals surface area (Å²) in [6.45, 7) is 0.916. The van der Waals surface area contributed by atoms with Gasteiger partial charge in [-0.1, -0.05) is 0 Å². The van der Waals surface area contributed by atoms with Gasteiger partial charge in [-0.25, -0.2) is 26.7 Å². The van der Waals surface area contributed by atoms with E-state index >= 15 is 0 Å². The highest BCUT2D eigenvalue weighted by molar-refractivity contribution is 7.89. The standard InChI is InChI=1S/C12H13F2NO5S/c13-9-3-8(12(16)17)4-10(11(9)14)21(18,19)15-5-7-1-2-20-6-7/h3-4,7,15H,1-2,5-6H2,(H,16,17). The molecule has 6 nitrogen and oxygen atoms in total. The van der Waals surface area contributed by atoms with E-state index in [4.69, 9.17) is 9.84 Å². The maximum Gasteiger partial charge on any atom is 0.335 e. The van der Waals surface area contributed by atoms with Gasteiger partial charge in [0.1, 0.15) is 4.90 Å². The van der Waals surface area contributed by atoms with Gasteiger partial charge in [0.2, 0.25) is 10.0 Å². The average molecular weight is 321 g/mol. The quantitative estimate of drug-likeness (QED) is 0.843. The van der Waals surface area contributed by atoms with Crippen LogP contribution in [-0.4, -0.2) is 39.3 Å². The third-order valence-electron chi connectivity index (χ3n) is 3.12. The maximum atomic E-state index is 13.6. The lowest BCUT2D eigenvalue weighted by molar-refractivity contribution is 0.0696. The summed E-state index contributed by atoms with van der Waals surface area (Å²) in [5.74, 6) is -4.72. The van der Waals surface area contributed by atoms with Crippen molar-refractivity contribution in [3.63, 3.8) is 0 Å². The fourth-order valence-corrected chi connectivity index (χ4v) is 3.16. The van der Waals surface area contributed by atoms with Crippen molar-refractivity contribution in [2.24, 2.45) is 5.92 Å². The van der Waals surface area contributed by atoms with Crippen molar-refractivity contribution in [1.29, 1.82) is 0 Å². The number of sulfonamides is 1. The molecular weight excluding hydrogens is 308 g/mol. The van der Waals surface area contributed by atoms with E-state index in [1.807, 2.05) is 0 Å². The Bertz CT molecular complexity index is 656. The van der Waals surface area contributed by atoms with Gasteiger partial charge in [-0.05, 0) is 24.5 Å². The van der Waals surface area contributed by atoms with Crippen LogP contribution in [0.3, 0.4) is 0 Å². The summed E-state index contributed by atoms with van der Waals surface area (Å²) in [7, 11) is -4.34. The van der Waals surface area contributed by atoms with Crippen molar-refractivity contribution < 1.29 is 31.8 Å². The normalized spacial score (nSPS) is 18.9. The first-order valence-electron chi connectivity index (χ1n) is 6.11. The van der Waals surface area contributed by atoms with Crippen molar-refractivity contribution >= 4 is 16.0 Å². The molecule has 0 amide bonds. The van der Waals surface area contributed by atoms with Gasteiger partial charge in [-0.2, -0.15) is 0 Å². The van der Waals surface area contributed by atoms with E-state index in [2.05, 4.69) is 4.72 Å². The first-order chi connectivity index (χ1) is 9.81. The zero-order valence-electron chi connectivity index (χ0n) is 10.8. The summed E-state index contributed by atoms with van der Waals surface area (Å²) in [6.07, 6.45) is 0.661. The molecule has 1 heterocycles. The average Bonchev–Trinajstić information content (AvgIpc) is 2.92. The Morgan fingerprint density at radius 3 is 2.71 bits per heavy atom. The summed E-state index contributed by atoms with van der Waals surface area (Å²) in [5.41, 5.74) is -0.640. The zero-order chi connectivity index (χ0) is 15.6. The molecule has 0 aliphatic carbocycles. The number of carbonyl (C=O) groups is 1. The van der Waals surface area contributed by atoms with Crippen LogP contribution in [0.5, 0.6) is 0 Å². The van der Waals surface area contributed by atoms with Gasteiger partial charge in [-0.3, -0.25) is 0 Å². The van der Waals surface area contributed by atoms with Crippen LogP contribution < -0.4 is 4.72 Å². The number of ether oxygens (including phenoxy) is 1. The number of carboxylic acid groups (broad SMARTS) is 1. The van der Waals surface area contributed by atoms with E-state index in [9.17, 15) is 22.0 Å². The third-order valence-corrected chi connectivity index (χ3v) is 4.54. The van der Waals surface area contributed by atoms with E-state index in [1.165, 1.54) is 0 Å². The predicted octanol–water partition coefficient (Wildman–Crippen LogP) is 0.978. The van der Waals surface area contributed by atoms with Crippen molar-refractivity contribution in [1.82, 2.24) is 4.72 Å². The highest BCUT2D eigenvalue weighted by Crippen LogP contribution is 2.20. The van der Waals surface area contributed by atoms with Gasteiger partial charge >= 0.3 is 5.97 Å². The SMILES string of the molecule is O=C(O)c1cc(F)c(F)c(S(=O)(=O)NCC2CCOC2)c1. The summed E-state index contributed by atoms with van der Waals surface area (Å²) in [6, 6.07) is 1.02. The van der Waals surface area contributed by atoms with Crippen LogP contribution in [0, 0.1) is 17.6 Å². The van der Waals surface area contributed by atoms with E-state index < -0.39 is 38.1 Å². The Balaban J connectivity index is 2.27. The molecule has 1 aromatic carbocycles. The summed E-state index contributed by atoms with van der Waals surface area (Å²) < 4.78 is 58.1. The number of benzene rings is 1. The van der Waals surface area contributed by atoms with Crippen LogP contribution in [0.2, 0.25) is 0 Å². The second-order valence-electron chi connectivity index (χ2n) is 4.66. The number of nitrogens with one attached hydrogen (secondary N) is 1. The number of hydrogen-bond donors (Lipinski definition) is 2. The number of aromatic carboxylic acids is 1. The second kappa shape index (κ2) is 6.04. The van der Waals surface area contributed by atoms with Crippen molar-refractivity contribution in [2.45, 2.75) is 11.3 Å². The first kappa shape index (κ1) is 15.8. The molecule has 1 atom stereocenters. The fourth-order valence-electron chi connectivity index (χ4n) is 1.93. The van der Waals surface area contributed by atoms with E-state index in [0.29, 0.717) is 31.8 Å². The van der Waals surface area contributed by atoms with E-state index in [-0.39, 0.29) is 12.5 Å². The minimum Gasteiger partial charge on any atom is -0.478 e. The number of halogens is 2. The molecule has 2 rings (SSSR count). The molecular formula is C12H13F2NO5S. The smallest absolute Gasteiger partial charge is 0.335 e. The summed E-state index contributed by atoms with van der Waals surface area (Å²) in [4.78, 5) is 9.77. The minimum atomic E-state index is -4.34.